The summed E-state index contributed by atoms with van der Waals surface area (Å²) in [6.07, 6.45) is 3.44. The summed E-state index contributed by atoms with van der Waals surface area (Å²) < 4.78 is 7.26. The van der Waals surface area contributed by atoms with E-state index in [1.165, 1.54) is 0 Å². The molecule has 2 aromatic carbocycles. The van der Waals surface area contributed by atoms with Crippen molar-refractivity contribution >= 4 is 17.2 Å². The van der Waals surface area contributed by atoms with Crippen molar-refractivity contribution in [3.05, 3.63) is 90.8 Å². The third-order valence-electron chi connectivity index (χ3n) is 5.05. The fraction of sp³-hybridized carbons (Fsp3) is 0.0800. The molecule has 8 heteroatoms. The molecule has 162 valence electrons. The number of nitrogens with one attached hydrogen (secondary N) is 1. The molecule has 0 unspecified atom stereocenters. The number of hydrogen-bond donors (Lipinski definition) is 1. The van der Waals surface area contributed by atoms with Gasteiger partial charge in [-0.2, -0.15) is 9.61 Å². The number of para-hydroxylation sites is 1. The van der Waals surface area contributed by atoms with Gasteiger partial charge >= 0.3 is 0 Å². The molecule has 0 atom stereocenters. The van der Waals surface area contributed by atoms with E-state index >= 15 is 0 Å². The maximum Gasteiger partial charge on any atom is 0.259 e. The highest BCUT2D eigenvalue weighted by Gasteiger charge is 2.13. The lowest BCUT2D eigenvalue weighted by Crippen LogP contribution is -2.13. The number of fused-ring (bicyclic) bond motifs is 1. The van der Waals surface area contributed by atoms with Crippen LogP contribution in [0.15, 0.2) is 85.2 Å². The van der Waals surface area contributed by atoms with Gasteiger partial charge in [-0.05, 0) is 55.5 Å². The Kier molecular flexibility index (Phi) is 5.47. The second-order valence-corrected chi connectivity index (χ2v) is 7.21. The zero-order valence-corrected chi connectivity index (χ0v) is 17.8. The van der Waals surface area contributed by atoms with Gasteiger partial charge in [-0.1, -0.05) is 24.3 Å². The molecule has 0 spiro atoms. The van der Waals surface area contributed by atoms with Gasteiger partial charge in [-0.25, -0.2) is 0 Å². The number of amides is 1. The van der Waals surface area contributed by atoms with Crippen molar-refractivity contribution in [2.45, 2.75) is 6.92 Å². The van der Waals surface area contributed by atoms with E-state index in [1.54, 1.807) is 29.0 Å². The summed E-state index contributed by atoms with van der Waals surface area (Å²) in [6.45, 7) is 2.38. The lowest BCUT2D eigenvalue weighted by Gasteiger charge is -2.11. The Labute approximate surface area is 189 Å². The molecule has 33 heavy (non-hydrogen) atoms. The van der Waals surface area contributed by atoms with Gasteiger partial charge in [0.1, 0.15) is 5.75 Å². The summed E-state index contributed by atoms with van der Waals surface area (Å²) in [5.41, 5.74) is 4.31. The number of carbonyl (C=O) groups is 1. The number of carbonyl (C=O) groups excluding carboxylic acids is 1. The predicted molar refractivity (Wildman–Crippen MR) is 125 cm³/mol. The number of pyridine rings is 1. The first-order valence-corrected chi connectivity index (χ1v) is 10.5. The molecule has 0 aliphatic carbocycles. The summed E-state index contributed by atoms with van der Waals surface area (Å²) in [7, 11) is 0. The second kappa shape index (κ2) is 8.88. The fourth-order valence-electron chi connectivity index (χ4n) is 3.48. The van der Waals surface area contributed by atoms with Crippen LogP contribution in [0.2, 0.25) is 0 Å². The first kappa shape index (κ1) is 20.3. The van der Waals surface area contributed by atoms with Crippen molar-refractivity contribution in [3.63, 3.8) is 0 Å². The SMILES string of the molecule is CCOc1ccccc1C(=O)Nc1ccc(-c2ccc3nnc(-c4cccnc4)n3n2)cc1. The highest BCUT2D eigenvalue weighted by molar-refractivity contribution is 6.06. The predicted octanol–water partition coefficient (Wildman–Crippen LogP) is 4.50. The largest absolute Gasteiger partial charge is 0.493 e. The van der Waals surface area contributed by atoms with Crippen molar-refractivity contribution in [1.82, 2.24) is 24.8 Å². The molecule has 0 saturated heterocycles. The maximum atomic E-state index is 12.7. The van der Waals surface area contributed by atoms with E-state index in [-0.39, 0.29) is 5.91 Å². The van der Waals surface area contributed by atoms with Gasteiger partial charge in [0.25, 0.3) is 5.91 Å². The Morgan fingerprint density at radius 2 is 1.79 bits per heavy atom. The minimum absolute atomic E-state index is 0.225. The van der Waals surface area contributed by atoms with E-state index in [0.29, 0.717) is 35.1 Å². The van der Waals surface area contributed by atoms with Crippen molar-refractivity contribution in [3.8, 4) is 28.4 Å². The summed E-state index contributed by atoms with van der Waals surface area (Å²) in [4.78, 5) is 16.9. The van der Waals surface area contributed by atoms with Crippen LogP contribution in [0.3, 0.4) is 0 Å². The number of rotatable bonds is 6. The fourth-order valence-corrected chi connectivity index (χ4v) is 3.48. The van der Waals surface area contributed by atoms with Gasteiger partial charge in [0, 0.05) is 29.2 Å². The molecule has 0 bridgehead atoms. The normalized spacial score (nSPS) is 10.8. The number of anilines is 1. The standard InChI is InChI=1S/C25H20N6O2/c1-2-33-22-8-4-3-7-20(22)25(32)27-19-11-9-17(10-12-19)21-13-14-23-28-29-24(31(23)30-21)18-6-5-15-26-16-18/h3-16H,2H2,1H3,(H,27,32). The number of nitrogens with zero attached hydrogens (tertiary/aromatic N) is 5. The van der Waals surface area contributed by atoms with Gasteiger partial charge in [0.15, 0.2) is 11.5 Å². The van der Waals surface area contributed by atoms with E-state index < -0.39 is 0 Å². The van der Waals surface area contributed by atoms with E-state index in [2.05, 4.69) is 20.5 Å². The molecular formula is C25H20N6O2. The average molecular weight is 436 g/mol. The van der Waals surface area contributed by atoms with Crippen LogP contribution < -0.4 is 10.1 Å². The van der Waals surface area contributed by atoms with Crippen LogP contribution in [-0.4, -0.2) is 37.3 Å². The number of hydrogen-bond acceptors (Lipinski definition) is 6. The lowest BCUT2D eigenvalue weighted by atomic mass is 10.1. The molecule has 5 aromatic rings. The average Bonchev–Trinajstić information content (AvgIpc) is 3.29. The van der Waals surface area contributed by atoms with Crippen molar-refractivity contribution in [1.29, 1.82) is 0 Å². The second-order valence-electron chi connectivity index (χ2n) is 7.21. The van der Waals surface area contributed by atoms with Crippen LogP contribution in [0.1, 0.15) is 17.3 Å². The van der Waals surface area contributed by atoms with Crippen LogP contribution in [0.25, 0.3) is 28.3 Å². The monoisotopic (exact) mass is 436 g/mol. The molecule has 0 aliphatic rings. The quantitative estimate of drug-likeness (QED) is 0.421. The minimum Gasteiger partial charge on any atom is -0.493 e. The zero-order chi connectivity index (χ0) is 22.6. The topological polar surface area (TPSA) is 94.3 Å². The molecule has 3 heterocycles. The molecule has 0 radical (unpaired) electrons. The van der Waals surface area contributed by atoms with Crippen molar-refractivity contribution in [2.75, 3.05) is 11.9 Å². The van der Waals surface area contributed by atoms with Crippen LogP contribution in [0, 0.1) is 0 Å². The van der Waals surface area contributed by atoms with E-state index in [1.807, 2.05) is 67.6 Å². The lowest BCUT2D eigenvalue weighted by molar-refractivity contribution is 0.102. The van der Waals surface area contributed by atoms with Gasteiger partial charge in [-0.3, -0.25) is 9.78 Å². The summed E-state index contributed by atoms with van der Waals surface area (Å²) in [5, 5.41) is 16.1. The van der Waals surface area contributed by atoms with Gasteiger partial charge in [-0.15, -0.1) is 10.2 Å². The molecule has 1 amide bonds. The Balaban J connectivity index is 1.39. The van der Waals surface area contributed by atoms with Crippen LogP contribution >= 0.6 is 0 Å². The molecule has 0 fully saturated rings. The number of aromatic nitrogens is 5. The van der Waals surface area contributed by atoms with Crippen LogP contribution in [-0.2, 0) is 0 Å². The smallest absolute Gasteiger partial charge is 0.259 e. The van der Waals surface area contributed by atoms with Gasteiger partial charge < -0.3 is 10.1 Å². The number of benzene rings is 2. The Morgan fingerprint density at radius 3 is 2.58 bits per heavy atom. The highest BCUT2D eigenvalue weighted by Crippen LogP contribution is 2.24. The first-order valence-electron chi connectivity index (χ1n) is 10.5. The molecule has 1 N–H and O–H groups in total. The Bertz CT molecular complexity index is 1410. The summed E-state index contributed by atoms with van der Waals surface area (Å²) in [6, 6.07) is 22.2. The zero-order valence-electron chi connectivity index (χ0n) is 17.8. The summed E-state index contributed by atoms with van der Waals surface area (Å²) >= 11 is 0. The summed E-state index contributed by atoms with van der Waals surface area (Å²) in [5.74, 6) is 0.957. The van der Waals surface area contributed by atoms with E-state index in [4.69, 9.17) is 9.84 Å². The molecule has 0 aliphatic heterocycles. The first-order chi connectivity index (χ1) is 16.2. The van der Waals surface area contributed by atoms with Gasteiger partial charge in [0.05, 0.1) is 17.9 Å². The molecule has 0 saturated carbocycles. The molecule has 3 aromatic heterocycles. The highest BCUT2D eigenvalue weighted by atomic mass is 16.5. The van der Waals surface area contributed by atoms with Crippen LogP contribution in [0.5, 0.6) is 5.75 Å². The molecule has 8 nitrogen and oxygen atoms in total. The third kappa shape index (κ3) is 4.14. The van der Waals surface area contributed by atoms with Crippen molar-refractivity contribution < 1.29 is 9.53 Å². The molecule has 5 rings (SSSR count). The Hall–Kier alpha value is -4.59. The van der Waals surface area contributed by atoms with E-state index in [0.717, 1.165) is 16.8 Å². The minimum atomic E-state index is -0.225. The number of ether oxygens (including phenoxy) is 1. The maximum absolute atomic E-state index is 12.7. The van der Waals surface area contributed by atoms with Crippen molar-refractivity contribution in [2.24, 2.45) is 0 Å². The Morgan fingerprint density at radius 1 is 0.939 bits per heavy atom. The third-order valence-corrected chi connectivity index (χ3v) is 5.05. The van der Waals surface area contributed by atoms with E-state index in [9.17, 15) is 4.79 Å². The van der Waals surface area contributed by atoms with Gasteiger partial charge in [0.2, 0.25) is 0 Å². The van der Waals surface area contributed by atoms with Crippen LogP contribution in [0.4, 0.5) is 5.69 Å². The molecular weight excluding hydrogens is 416 g/mol.